The second kappa shape index (κ2) is 36.3. The molecule has 1 atom stereocenters. The highest BCUT2D eigenvalue weighted by atomic mass is 35.5. The Morgan fingerprint density at radius 1 is 0.256 bits per heavy atom. The van der Waals surface area contributed by atoms with E-state index < -0.39 is 0 Å². The van der Waals surface area contributed by atoms with Crippen LogP contribution in [0.25, 0.3) is 0 Å². The summed E-state index contributed by atoms with van der Waals surface area (Å²) in [5, 5.41) is 0.438. The Labute approximate surface area is 255 Å². The highest BCUT2D eigenvalue weighted by molar-refractivity contribution is 6.20. The molecule has 0 aromatic rings. The second-order valence-corrected chi connectivity index (χ2v) is 13.8. The molecule has 0 spiro atoms. The second-order valence-electron chi connectivity index (χ2n) is 13.1. The third kappa shape index (κ3) is 36.3. The van der Waals surface area contributed by atoms with Gasteiger partial charge in [-0.3, -0.25) is 0 Å². The van der Waals surface area contributed by atoms with E-state index in [4.69, 9.17) is 11.6 Å². The van der Waals surface area contributed by atoms with Gasteiger partial charge in [0.25, 0.3) is 0 Å². The van der Waals surface area contributed by atoms with Crippen LogP contribution < -0.4 is 0 Å². The topological polar surface area (TPSA) is 0 Å². The van der Waals surface area contributed by atoms with E-state index in [-0.39, 0.29) is 0 Å². The molecule has 0 aromatic carbocycles. The van der Waals surface area contributed by atoms with Crippen LogP contribution in [-0.4, -0.2) is 5.38 Å². The number of halogens is 1. The molecule has 1 unspecified atom stereocenters. The van der Waals surface area contributed by atoms with E-state index in [9.17, 15) is 0 Å². The van der Waals surface area contributed by atoms with Gasteiger partial charge in [0.05, 0.1) is 0 Å². The van der Waals surface area contributed by atoms with E-state index in [2.05, 4.69) is 13.8 Å². The van der Waals surface area contributed by atoms with Crippen LogP contribution in [0.3, 0.4) is 0 Å². The van der Waals surface area contributed by atoms with Crippen molar-refractivity contribution in [1.82, 2.24) is 0 Å². The fourth-order valence-electron chi connectivity index (χ4n) is 6.15. The lowest BCUT2D eigenvalue weighted by molar-refractivity contribution is 0.512. The molecule has 0 saturated heterocycles. The van der Waals surface area contributed by atoms with Crippen molar-refractivity contribution in [2.45, 2.75) is 244 Å². The van der Waals surface area contributed by atoms with Crippen LogP contribution in [0.15, 0.2) is 0 Å². The summed E-state index contributed by atoms with van der Waals surface area (Å²) in [6.07, 6.45) is 50.3. The molecule has 0 radical (unpaired) electrons. The summed E-state index contributed by atoms with van der Waals surface area (Å²) in [7, 11) is 0. The van der Waals surface area contributed by atoms with Crippen LogP contribution in [0, 0.1) is 0 Å². The van der Waals surface area contributed by atoms with Crippen LogP contribution in [-0.2, 0) is 0 Å². The van der Waals surface area contributed by atoms with Crippen LogP contribution in [0.1, 0.15) is 239 Å². The Kier molecular flexibility index (Phi) is 36.6. The Balaban J connectivity index is 3.13. The zero-order valence-corrected chi connectivity index (χ0v) is 28.5. The van der Waals surface area contributed by atoms with Gasteiger partial charge in [-0.15, -0.1) is 11.6 Å². The molecule has 236 valence electrons. The van der Waals surface area contributed by atoms with Gasteiger partial charge in [0.1, 0.15) is 0 Å². The van der Waals surface area contributed by atoms with Gasteiger partial charge in [0, 0.05) is 5.38 Å². The summed E-state index contributed by atoms with van der Waals surface area (Å²) in [5.74, 6) is 0. The summed E-state index contributed by atoms with van der Waals surface area (Å²) in [6, 6.07) is 0. The molecule has 0 saturated carbocycles. The quantitative estimate of drug-likeness (QED) is 0.0526. The zero-order chi connectivity index (χ0) is 28.3. The highest BCUT2D eigenvalue weighted by Crippen LogP contribution is 2.19. The van der Waals surface area contributed by atoms with Gasteiger partial charge in [-0.25, -0.2) is 0 Å². The lowest BCUT2D eigenvalue weighted by Gasteiger charge is -2.09. The average molecular weight is 569 g/mol. The molecule has 0 amide bonds. The molecule has 0 aliphatic rings. The summed E-state index contributed by atoms with van der Waals surface area (Å²) >= 11 is 6.62. The van der Waals surface area contributed by atoms with Crippen molar-refractivity contribution in [2.75, 3.05) is 0 Å². The van der Waals surface area contributed by atoms with Crippen molar-refractivity contribution in [3.8, 4) is 0 Å². The SMILES string of the molecule is CCCCCCCCCCCCCCCCCCCCC(Cl)CCCCCCCCCCCCCCCCC. The molecular formula is C38H77Cl. The zero-order valence-electron chi connectivity index (χ0n) is 27.7. The average Bonchev–Trinajstić information content (AvgIpc) is 2.94. The maximum absolute atomic E-state index is 6.62. The Bertz CT molecular complexity index is 406. The van der Waals surface area contributed by atoms with Crippen LogP contribution in [0.5, 0.6) is 0 Å². The van der Waals surface area contributed by atoms with Crippen LogP contribution >= 0.6 is 11.6 Å². The number of hydrogen-bond acceptors (Lipinski definition) is 0. The molecule has 0 aliphatic heterocycles. The number of unbranched alkanes of at least 4 members (excludes halogenated alkanes) is 31. The van der Waals surface area contributed by atoms with Crippen molar-refractivity contribution in [2.24, 2.45) is 0 Å². The largest absolute Gasteiger partial charge is 0.123 e. The predicted molar refractivity (Wildman–Crippen MR) is 183 cm³/mol. The number of alkyl halides is 1. The molecule has 39 heavy (non-hydrogen) atoms. The highest BCUT2D eigenvalue weighted by Gasteiger charge is 2.04. The first-order chi connectivity index (χ1) is 19.3. The van der Waals surface area contributed by atoms with Crippen LogP contribution in [0.2, 0.25) is 0 Å². The van der Waals surface area contributed by atoms with E-state index in [0.29, 0.717) is 5.38 Å². The maximum Gasteiger partial charge on any atom is 0.0336 e. The van der Waals surface area contributed by atoms with E-state index in [1.807, 2.05) is 0 Å². The van der Waals surface area contributed by atoms with E-state index in [1.165, 1.54) is 225 Å². The standard InChI is InChI=1S/C38H77Cl/c1-3-5-7-9-11-13-15-17-19-20-21-23-25-27-29-31-33-35-37-38(39)36-34-32-30-28-26-24-22-18-16-14-12-10-8-6-4-2/h38H,3-37H2,1-2H3. The minimum Gasteiger partial charge on any atom is -0.123 e. The third-order valence-electron chi connectivity index (χ3n) is 8.99. The minimum atomic E-state index is 0.438. The number of hydrogen-bond donors (Lipinski definition) is 0. The molecule has 0 N–H and O–H groups in total. The Morgan fingerprint density at radius 3 is 0.590 bits per heavy atom. The van der Waals surface area contributed by atoms with Crippen molar-refractivity contribution < 1.29 is 0 Å². The van der Waals surface area contributed by atoms with Crippen molar-refractivity contribution in [1.29, 1.82) is 0 Å². The van der Waals surface area contributed by atoms with Gasteiger partial charge in [-0.2, -0.15) is 0 Å². The summed E-state index contributed by atoms with van der Waals surface area (Å²) in [4.78, 5) is 0. The van der Waals surface area contributed by atoms with Gasteiger partial charge >= 0.3 is 0 Å². The molecule has 0 fully saturated rings. The predicted octanol–water partition coefficient (Wildman–Crippen LogP) is 15.3. The van der Waals surface area contributed by atoms with Crippen molar-refractivity contribution in [3.05, 3.63) is 0 Å². The minimum absolute atomic E-state index is 0.438. The van der Waals surface area contributed by atoms with Crippen LogP contribution in [0.4, 0.5) is 0 Å². The Hall–Kier alpha value is 0.290. The smallest absolute Gasteiger partial charge is 0.0336 e. The lowest BCUT2D eigenvalue weighted by Crippen LogP contribution is -1.98. The van der Waals surface area contributed by atoms with Gasteiger partial charge < -0.3 is 0 Å². The normalized spacial score (nSPS) is 12.4. The van der Waals surface area contributed by atoms with Gasteiger partial charge in [-0.05, 0) is 12.8 Å². The Morgan fingerprint density at radius 2 is 0.410 bits per heavy atom. The first-order valence-corrected chi connectivity index (χ1v) is 19.4. The summed E-state index contributed by atoms with van der Waals surface area (Å²) < 4.78 is 0. The number of rotatable bonds is 35. The van der Waals surface area contributed by atoms with Gasteiger partial charge in [-0.1, -0.05) is 226 Å². The summed E-state index contributed by atoms with van der Waals surface area (Å²) in [5.41, 5.74) is 0. The molecule has 0 aromatic heterocycles. The van der Waals surface area contributed by atoms with E-state index in [0.717, 1.165) is 0 Å². The molecular weight excluding hydrogens is 492 g/mol. The van der Waals surface area contributed by atoms with E-state index in [1.54, 1.807) is 0 Å². The first-order valence-electron chi connectivity index (χ1n) is 18.9. The summed E-state index contributed by atoms with van der Waals surface area (Å²) in [6.45, 7) is 4.61. The molecule has 0 aliphatic carbocycles. The monoisotopic (exact) mass is 569 g/mol. The molecule has 0 rings (SSSR count). The fourth-order valence-corrected chi connectivity index (χ4v) is 6.46. The third-order valence-corrected chi connectivity index (χ3v) is 9.43. The molecule has 0 bridgehead atoms. The molecule has 0 nitrogen and oxygen atoms in total. The maximum atomic E-state index is 6.62. The van der Waals surface area contributed by atoms with Gasteiger partial charge in [0.15, 0.2) is 0 Å². The van der Waals surface area contributed by atoms with Crippen molar-refractivity contribution >= 4 is 11.6 Å². The van der Waals surface area contributed by atoms with Crippen molar-refractivity contribution in [3.63, 3.8) is 0 Å². The van der Waals surface area contributed by atoms with E-state index >= 15 is 0 Å². The molecule has 0 heterocycles. The first kappa shape index (κ1) is 39.3. The molecule has 1 heteroatoms. The van der Waals surface area contributed by atoms with Gasteiger partial charge in [0.2, 0.25) is 0 Å². The lowest BCUT2D eigenvalue weighted by atomic mass is 10.0. The fraction of sp³-hybridized carbons (Fsp3) is 1.00.